The number of ketones is 1. The van der Waals surface area contributed by atoms with Gasteiger partial charge in [0.05, 0.1) is 12.0 Å². The fraction of sp³-hybridized carbons (Fsp3) is 0.500. The highest BCUT2D eigenvalue weighted by atomic mass is 16.6. The lowest BCUT2D eigenvalue weighted by Gasteiger charge is -2.28. The average Bonchev–Trinajstić information content (AvgIpc) is 2.90. The van der Waals surface area contributed by atoms with E-state index in [1.807, 2.05) is 30.3 Å². The van der Waals surface area contributed by atoms with Gasteiger partial charge in [0, 0.05) is 6.42 Å². The molecule has 1 saturated heterocycles. The fourth-order valence-corrected chi connectivity index (χ4v) is 3.38. The first-order valence-electron chi connectivity index (χ1n) is 8.18. The van der Waals surface area contributed by atoms with Crippen molar-refractivity contribution < 1.29 is 19.1 Å². The molecule has 0 spiro atoms. The summed E-state index contributed by atoms with van der Waals surface area (Å²) in [5, 5.41) is 0. The van der Waals surface area contributed by atoms with E-state index < -0.39 is 17.9 Å². The van der Waals surface area contributed by atoms with Crippen LogP contribution in [0.3, 0.4) is 0 Å². The van der Waals surface area contributed by atoms with E-state index in [-0.39, 0.29) is 24.3 Å². The van der Waals surface area contributed by atoms with Gasteiger partial charge in [-0.05, 0) is 31.7 Å². The summed E-state index contributed by atoms with van der Waals surface area (Å²) in [4.78, 5) is 38.3. The van der Waals surface area contributed by atoms with E-state index in [4.69, 9.17) is 4.74 Å². The van der Waals surface area contributed by atoms with Crippen LogP contribution in [0.4, 0.5) is 4.79 Å². The van der Waals surface area contributed by atoms with Crippen molar-refractivity contribution in [1.82, 2.24) is 4.90 Å². The predicted octanol–water partition coefficient (Wildman–Crippen LogP) is 2.72. The highest BCUT2D eigenvalue weighted by Gasteiger charge is 2.47. The molecule has 0 radical (unpaired) electrons. The highest BCUT2D eigenvalue weighted by Crippen LogP contribution is 2.32. The molecule has 3 rings (SSSR count). The molecule has 0 aromatic heterocycles. The summed E-state index contributed by atoms with van der Waals surface area (Å²) in [6, 6.07) is 9.12. The molecule has 1 aromatic carbocycles. The van der Waals surface area contributed by atoms with Crippen molar-refractivity contribution in [3.63, 3.8) is 0 Å². The van der Waals surface area contributed by atoms with Crippen molar-refractivity contribution in [2.45, 2.75) is 51.2 Å². The maximum Gasteiger partial charge on any atom is 0.417 e. The van der Waals surface area contributed by atoms with Gasteiger partial charge in [-0.3, -0.25) is 9.59 Å². The maximum absolute atomic E-state index is 12.6. The standard InChI is InChI=1S/C18H21NO4/c1-12(15(20)11-13-7-3-2-4-8-13)17(21)19-14-9-5-6-10-16(14)23-18(19)22/h2-4,7-8,12,14,16H,5-6,9-11H2,1H3/t12-,14-,16-/m0/s1. The van der Waals surface area contributed by atoms with Crippen LogP contribution in [-0.4, -0.2) is 34.8 Å². The molecule has 0 bridgehead atoms. The van der Waals surface area contributed by atoms with Crippen molar-refractivity contribution in [3.8, 4) is 0 Å². The lowest BCUT2D eigenvalue weighted by Crippen LogP contribution is -2.46. The lowest BCUT2D eigenvalue weighted by atomic mass is 9.91. The van der Waals surface area contributed by atoms with Crippen LogP contribution in [0.25, 0.3) is 0 Å². The van der Waals surface area contributed by atoms with Crippen molar-refractivity contribution in [1.29, 1.82) is 0 Å². The van der Waals surface area contributed by atoms with E-state index in [1.165, 1.54) is 4.90 Å². The smallest absolute Gasteiger partial charge is 0.417 e. The number of ether oxygens (including phenoxy) is 1. The summed E-state index contributed by atoms with van der Waals surface area (Å²) in [7, 11) is 0. The number of benzene rings is 1. The second-order valence-electron chi connectivity index (χ2n) is 6.33. The van der Waals surface area contributed by atoms with E-state index in [1.54, 1.807) is 6.92 Å². The zero-order valence-corrected chi connectivity index (χ0v) is 13.2. The number of nitrogens with zero attached hydrogens (tertiary/aromatic N) is 1. The van der Waals surface area contributed by atoms with Crippen molar-refractivity contribution in [2.24, 2.45) is 5.92 Å². The third kappa shape index (κ3) is 3.14. The van der Waals surface area contributed by atoms with E-state index >= 15 is 0 Å². The topological polar surface area (TPSA) is 63.7 Å². The molecular formula is C18H21NO4. The largest absolute Gasteiger partial charge is 0.444 e. The van der Waals surface area contributed by atoms with Crippen LogP contribution in [0, 0.1) is 5.92 Å². The van der Waals surface area contributed by atoms with Gasteiger partial charge in [0.2, 0.25) is 5.91 Å². The Morgan fingerprint density at radius 3 is 2.65 bits per heavy atom. The van der Waals surface area contributed by atoms with Crippen LogP contribution in [0.2, 0.25) is 0 Å². The zero-order valence-electron chi connectivity index (χ0n) is 13.2. The van der Waals surface area contributed by atoms with Gasteiger partial charge in [-0.1, -0.05) is 36.8 Å². The molecule has 1 aliphatic heterocycles. The van der Waals surface area contributed by atoms with Gasteiger partial charge in [0.25, 0.3) is 0 Å². The Bertz CT molecular complexity index is 613. The number of hydrogen-bond acceptors (Lipinski definition) is 4. The van der Waals surface area contributed by atoms with E-state index in [0.717, 1.165) is 31.2 Å². The van der Waals surface area contributed by atoms with Crippen LogP contribution >= 0.6 is 0 Å². The monoisotopic (exact) mass is 315 g/mol. The molecule has 1 aliphatic carbocycles. The van der Waals surface area contributed by atoms with Crippen molar-refractivity contribution in [2.75, 3.05) is 0 Å². The molecule has 2 amide bonds. The molecule has 2 fully saturated rings. The lowest BCUT2D eigenvalue weighted by molar-refractivity contribution is -0.139. The molecule has 1 heterocycles. The number of rotatable bonds is 4. The Kier molecular flexibility index (Phi) is 4.46. The van der Waals surface area contributed by atoms with Crippen LogP contribution < -0.4 is 0 Å². The zero-order chi connectivity index (χ0) is 16.4. The number of fused-ring (bicyclic) bond motifs is 1. The van der Waals surface area contributed by atoms with Crippen LogP contribution in [0.5, 0.6) is 0 Å². The minimum atomic E-state index is -0.830. The summed E-state index contributed by atoms with van der Waals surface area (Å²) >= 11 is 0. The van der Waals surface area contributed by atoms with Crippen LogP contribution in [-0.2, 0) is 20.7 Å². The number of carbonyl (C=O) groups excluding carboxylic acids is 3. The molecule has 3 atom stereocenters. The summed E-state index contributed by atoms with van der Waals surface area (Å²) in [5.41, 5.74) is 0.872. The van der Waals surface area contributed by atoms with E-state index in [2.05, 4.69) is 0 Å². The summed E-state index contributed by atoms with van der Waals surface area (Å²) < 4.78 is 5.30. The first-order valence-corrected chi connectivity index (χ1v) is 8.18. The second kappa shape index (κ2) is 6.52. The Morgan fingerprint density at radius 1 is 1.22 bits per heavy atom. The molecule has 0 unspecified atom stereocenters. The van der Waals surface area contributed by atoms with Gasteiger partial charge in [-0.25, -0.2) is 9.69 Å². The van der Waals surface area contributed by atoms with Crippen molar-refractivity contribution in [3.05, 3.63) is 35.9 Å². The molecule has 5 nitrogen and oxygen atoms in total. The Balaban J connectivity index is 1.69. The van der Waals surface area contributed by atoms with Gasteiger partial charge in [0.1, 0.15) is 11.9 Å². The summed E-state index contributed by atoms with van der Waals surface area (Å²) in [6.45, 7) is 1.58. The van der Waals surface area contributed by atoms with E-state index in [9.17, 15) is 14.4 Å². The molecule has 1 aromatic rings. The average molecular weight is 315 g/mol. The molecule has 23 heavy (non-hydrogen) atoms. The van der Waals surface area contributed by atoms with Gasteiger partial charge in [-0.15, -0.1) is 0 Å². The van der Waals surface area contributed by atoms with Crippen LogP contribution in [0.1, 0.15) is 38.2 Å². The van der Waals surface area contributed by atoms with E-state index in [0.29, 0.717) is 0 Å². The first-order chi connectivity index (χ1) is 11.1. The van der Waals surface area contributed by atoms with Gasteiger partial charge in [0.15, 0.2) is 0 Å². The number of Topliss-reactive ketones (excluding diaryl/α,β-unsaturated/α-hetero) is 1. The molecule has 122 valence electrons. The SMILES string of the molecule is C[C@@H](C(=O)Cc1ccccc1)C(=O)N1C(=O)O[C@H]2CCCC[C@@H]21. The third-order valence-corrected chi connectivity index (χ3v) is 4.76. The second-order valence-corrected chi connectivity index (χ2v) is 6.33. The molecule has 2 aliphatic rings. The van der Waals surface area contributed by atoms with Crippen molar-refractivity contribution >= 4 is 17.8 Å². The Morgan fingerprint density at radius 2 is 1.91 bits per heavy atom. The Hall–Kier alpha value is -2.17. The number of amides is 2. The molecule has 1 saturated carbocycles. The van der Waals surface area contributed by atoms with Gasteiger partial charge < -0.3 is 4.74 Å². The predicted molar refractivity (Wildman–Crippen MR) is 83.7 cm³/mol. The summed E-state index contributed by atoms with van der Waals surface area (Å²) in [6.07, 6.45) is 2.97. The maximum atomic E-state index is 12.6. The normalized spacial score (nSPS) is 24.7. The highest BCUT2D eigenvalue weighted by molar-refractivity contribution is 6.07. The minimum Gasteiger partial charge on any atom is -0.444 e. The van der Waals surface area contributed by atoms with Gasteiger partial charge in [-0.2, -0.15) is 0 Å². The third-order valence-electron chi connectivity index (χ3n) is 4.76. The van der Waals surface area contributed by atoms with Crippen LogP contribution in [0.15, 0.2) is 30.3 Å². The molecule has 5 heteroatoms. The minimum absolute atomic E-state index is 0.173. The molecular weight excluding hydrogens is 294 g/mol. The number of hydrogen-bond donors (Lipinski definition) is 0. The molecule has 0 N–H and O–H groups in total. The Labute approximate surface area is 135 Å². The summed E-state index contributed by atoms with van der Waals surface area (Å²) in [5.74, 6) is -1.43. The fourth-order valence-electron chi connectivity index (χ4n) is 3.38. The quantitative estimate of drug-likeness (QED) is 0.801. The first kappa shape index (κ1) is 15.7. The number of carbonyl (C=O) groups is 3. The number of imide groups is 1. The van der Waals surface area contributed by atoms with Gasteiger partial charge >= 0.3 is 6.09 Å².